The first kappa shape index (κ1) is 11.4. The molecule has 7 heteroatoms. The molecular weight excluding hydrogens is 218 g/mol. The second-order valence-corrected chi connectivity index (χ2v) is 2.60. The Hall–Kier alpha value is -1.66. The highest BCUT2D eigenvalue weighted by atomic mass is 19.4. The van der Waals surface area contributed by atoms with Crippen LogP contribution < -0.4 is 0 Å². The fraction of sp³-hybridized carbons (Fsp3) is 0.250. The summed E-state index contributed by atoms with van der Waals surface area (Å²) >= 11 is 0. The van der Waals surface area contributed by atoms with Crippen LogP contribution >= 0.6 is 0 Å². The van der Waals surface area contributed by atoms with Crippen LogP contribution in [0.5, 0.6) is 0 Å². The molecule has 15 heavy (non-hydrogen) atoms. The molecule has 0 amide bonds. The van der Waals surface area contributed by atoms with Crippen molar-refractivity contribution in [3.05, 3.63) is 34.5 Å². The van der Waals surface area contributed by atoms with Gasteiger partial charge >= 0.3 is 11.9 Å². The molecule has 0 fully saturated rings. The van der Waals surface area contributed by atoms with Crippen LogP contribution in [0.2, 0.25) is 0 Å². The second kappa shape index (κ2) is 3.84. The van der Waals surface area contributed by atoms with E-state index in [4.69, 9.17) is 0 Å². The molecule has 0 unspecified atom stereocenters. The Morgan fingerprint density at radius 3 is 2.40 bits per heavy atom. The average molecular weight is 224 g/mol. The maximum absolute atomic E-state index is 12.8. The van der Waals surface area contributed by atoms with Gasteiger partial charge in [-0.3, -0.25) is 0 Å². The van der Waals surface area contributed by atoms with Gasteiger partial charge < -0.3 is 0 Å². The molecule has 0 atom stereocenters. The van der Waals surface area contributed by atoms with E-state index >= 15 is 0 Å². The summed E-state index contributed by atoms with van der Waals surface area (Å²) in [5, 5.41) is 0. The Kier molecular flexibility index (Phi) is 2.92. The van der Waals surface area contributed by atoms with Gasteiger partial charge in [0, 0.05) is 12.1 Å². The average Bonchev–Trinajstić information content (AvgIpc) is 2.15. The quantitative estimate of drug-likeness (QED) is 0.571. The van der Waals surface area contributed by atoms with Gasteiger partial charge in [-0.2, -0.15) is 13.2 Å². The Labute approximate surface area is 81.8 Å². The van der Waals surface area contributed by atoms with Crippen LogP contribution in [0.4, 0.5) is 23.2 Å². The normalized spacial score (nSPS) is 11.3. The molecule has 0 saturated heterocycles. The molecule has 0 radical (unpaired) electrons. The van der Waals surface area contributed by atoms with Crippen molar-refractivity contribution < 1.29 is 27.3 Å². The van der Waals surface area contributed by atoms with E-state index in [1.807, 2.05) is 0 Å². The summed E-state index contributed by atoms with van der Waals surface area (Å²) in [6.07, 6.45) is -4.84. The first-order valence-electron chi connectivity index (χ1n) is 3.74. The summed E-state index contributed by atoms with van der Waals surface area (Å²) in [6.45, 7) is 0. The van der Waals surface area contributed by atoms with E-state index in [1.165, 1.54) is 0 Å². The maximum atomic E-state index is 12.8. The summed E-state index contributed by atoms with van der Waals surface area (Å²) in [5.41, 5.74) is -1.93. The minimum Gasteiger partial charge on any atom is -0.230 e. The number of rotatable bonds is 2. The zero-order chi connectivity index (χ0) is 11.6. The van der Waals surface area contributed by atoms with E-state index in [0.29, 0.717) is 12.1 Å². The lowest BCUT2D eigenvalue weighted by molar-refractivity contribution is -0.736. The number of nitrogens with zero attached hydrogens (tertiary/aromatic N) is 1. The van der Waals surface area contributed by atoms with E-state index in [-0.39, 0.29) is 4.92 Å². The van der Waals surface area contributed by atoms with Gasteiger partial charge in [0.25, 0.3) is 4.92 Å². The summed E-state index contributed by atoms with van der Waals surface area (Å²) in [7, 11) is 0.990. The molecule has 1 aromatic carbocycles. The number of alkyl halides is 3. The van der Waals surface area contributed by atoms with Crippen LogP contribution in [0.1, 0.15) is 5.56 Å². The van der Waals surface area contributed by atoms with Crippen LogP contribution in [0.15, 0.2) is 18.2 Å². The SMILES string of the molecule is CO[N+](=O)c1ccc(F)c(C(F)(F)F)c1. The van der Waals surface area contributed by atoms with Gasteiger partial charge in [-0.25, -0.2) is 9.23 Å². The lowest BCUT2D eigenvalue weighted by Gasteiger charge is -2.06. The van der Waals surface area contributed by atoms with Gasteiger partial charge in [-0.05, 0) is 6.07 Å². The zero-order valence-corrected chi connectivity index (χ0v) is 7.51. The number of hydrogen-bond acceptors (Lipinski definition) is 2. The van der Waals surface area contributed by atoms with Crippen LogP contribution in [-0.4, -0.2) is 12.0 Å². The van der Waals surface area contributed by atoms with E-state index in [9.17, 15) is 22.5 Å². The van der Waals surface area contributed by atoms with E-state index in [1.54, 1.807) is 0 Å². The highest BCUT2D eigenvalue weighted by molar-refractivity contribution is 5.36. The van der Waals surface area contributed by atoms with Crippen molar-refractivity contribution in [3.8, 4) is 0 Å². The van der Waals surface area contributed by atoms with Gasteiger partial charge in [0.1, 0.15) is 5.82 Å². The molecule has 3 nitrogen and oxygen atoms in total. The molecule has 0 aliphatic heterocycles. The van der Waals surface area contributed by atoms with Crippen LogP contribution in [-0.2, 0) is 11.0 Å². The minimum absolute atomic E-state index is 0.144. The standard InChI is InChI=1S/C8H6F4NO2/c1-15-13(14)5-2-3-7(9)6(4-5)8(10,11)12/h2-4H,1H3/q+1. The summed E-state index contributed by atoms with van der Waals surface area (Å²) in [4.78, 5) is 14.8. The van der Waals surface area contributed by atoms with Gasteiger partial charge in [0.2, 0.25) is 0 Å². The second-order valence-electron chi connectivity index (χ2n) is 2.60. The molecule has 0 N–H and O–H groups in total. The third-order valence-corrected chi connectivity index (χ3v) is 1.63. The fourth-order valence-corrected chi connectivity index (χ4v) is 0.949. The highest BCUT2D eigenvalue weighted by Gasteiger charge is 2.36. The first-order chi connectivity index (χ1) is 6.86. The molecule has 0 heterocycles. The summed E-state index contributed by atoms with van der Waals surface area (Å²) in [5.74, 6) is -1.43. The number of hydrogen-bond donors (Lipinski definition) is 0. The maximum Gasteiger partial charge on any atom is 0.419 e. The van der Waals surface area contributed by atoms with Gasteiger partial charge in [-0.1, -0.05) is 0 Å². The molecule has 1 aromatic rings. The van der Waals surface area contributed by atoms with Crippen molar-refractivity contribution in [2.75, 3.05) is 7.11 Å². The van der Waals surface area contributed by atoms with Crippen molar-refractivity contribution in [2.24, 2.45) is 0 Å². The Bertz CT molecular complexity index is 389. The van der Waals surface area contributed by atoms with Gasteiger partial charge in [0.05, 0.1) is 10.5 Å². The smallest absolute Gasteiger partial charge is 0.230 e. The number of benzene rings is 1. The molecule has 82 valence electrons. The highest BCUT2D eigenvalue weighted by Crippen LogP contribution is 2.33. The Morgan fingerprint density at radius 2 is 1.93 bits per heavy atom. The minimum atomic E-state index is -4.84. The van der Waals surface area contributed by atoms with E-state index in [2.05, 4.69) is 4.84 Å². The summed E-state index contributed by atoms with van der Waals surface area (Å²) in [6, 6.07) is 1.83. The van der Waals surface area contributed by atoms with Crippen LogP contribution in [0, 0.1) is 10.7 Å². The zero-order valence-electron chi connectivity index (χ0n) is 7.51. The van der Waals surface area contributed by atoms with Gasteiger partial charge in [0.15, 0.2) is 7.11 Å². The first-order valence-corrected chi connectivity index (χ1v) is 3.74. The monoisotopic (exact) mass is 224 g/mol. The lowest BCUT2D eigenvalue weighted by atomic mass is 10.2. The van der Waals surface area contributed by atoms with Crippen LogP contribution in [0.25, 0.3) is 0 Å². The molecule has 0 aliphatic carbocycles. The number of halogens is 4. The molecular formula is C8H6F4NO2+. The van der Waals surface area contributed by atoms with Crippen molar-refractivity contribution in [2.45, 2.75) is 6.18 Å². The molecule has 0 bridgehead atoms. The fourth-order valence-electron chi connectivity index (χ4n) is 0.949. The Morgan fingerprint density at radius 1 is 1.33 bits per heavy atom. The van der Waals surface area contributed by atoms with E-state index < -0.39 is 23.2 Å². The summed E-state index contributed by atoms with van der Waals surface area (Å²) < 4.78 is 49.3. The third kappa shape index (κ3) is 2.42. The topological polar surface area (TPSA) is 29.3 Å². The van der Waals surface area contributed by atoms with Crippen LogP contribution in [0.3, 0.4) is 0 Å². The molecule has 0 spiro atoms. The predicted octanol–water partition coefficient (Wildman–Crippen LogP) is 2.82. The molecule has 0 aromatic heterocycles. The van der Waals surface area contributed by atoms with Crippen molar-refractivity contribution in [3.63, 3.8) is 0 Å². The molecule has 1 rings (SSSR count). The van der Waals surface area contributed by atoms with Crippen molar-refractivity contribution >= 4 is 5.69 Å². The van der Waals surface area contributed by atoms with E-state index in [0.717, 1.165) is 13.2 Å². The van der Waals surface area contributed by atoms with Gasteiger partial charge in [-0.15, -0.1) is 0 Å². The third-order valence-electron chi connectivity index (χ3n) is 1.63. The largest absolute Gasteiger partial charge is 0.419 e. The van der Waals surface area contributed by atoms with Crippen molar-refractivity contribution in [1.29, 1.82) is 0 Å². The lowest BCUT2D eigenvalue weighted by Crippen LogP contribution is -2.09. The molecule has 0 saturated carbocycles. The Balaban J connectivity index is 3.23. The van der Waals surface area contributed by atoms with Crippen molar-refractivity contribution in [1.82, 2.24) is 0 Å². The predicted molar refractivity (Wildman–Crippen MR) is 41.7 cm³/mol. The molecule has 0 aliphatic rings.